The number of carbonyl (C=O) groups is 1. The average molecular weight is 420 g/mol. The van der Waals surface area contributed by atoms with Gasteiger partial charge >= 0.3 is 0 Å². The van der Waals surface area contributed by atoms with E-state index in [9.17, 15) is 4.79 Å². The van der Waals surface area contributed by atoms with E-state index in [1.807, 2.05) is 78.9 Å². The van der Waals surface area contributed by atoms with Crippen LogP contribution >= 0.6 is 0 Å². The first-order valence-electron chi connectivity index (χ1n) is 10.2. The Morgan fingerprint density at radius 3 is 2.62 bits per heavy atom. The zero-order chi connectivity index (χ0) is 21.9. The van der Waals surface area contributed by atoms with Gasteiger partial charge in [0.15, 0.2) is 0 Å². The molecule has 0 spiro atoms. The molecule has 0 aliphatic heterocycles. The van der Waals surface area contributed by atoms with Gasteiger partial charge in [-0.05, 0) is 66.7 Å². The van der Waals surface area contributed by atoms with E-state index >= 15 is 0 Å². The molecular formula is C26H20N4O2. The number of nitrogens with one attached hydrogen (secondary N) is 2. The van der Waals surface area contributed by atoms with Gasteiger partial charge in [0.2, 0.25) is 0 Å². The van der Waals surface area contributed by atoms with Crippen LogP contribution in [0, 0.1) is 0 Å². The highest BCUT2D eigenvalue weighted by molar-refractivity contribution is 6.06. The smallest absolute Gasteiger partial charge is 0.255 e. The van der Waals surface area contributed by atoms with Crippen molar-refractivity contribution in [2.45, 2.75) is 0 Å². The summed E-state index contributed by atoms with van der Waals surface area (Å²) in [5.74, 6) is 1.32. The van der Waals surface area contributed by atoms with Crippen molar-refractivity contribution >= 4 is 44.9 Å². The molecule has 0 fully saturated rings. The van der Waals surface area contributed by atoms with Gasteiger partial charge in [0.25, 0.3) is 5.91 Å². The Morgan fingerprint density at radius 2 is 1.72 bits per heavy atom. The van der Waals surface area contributed by atoms with Gasteiger partial charge in [0.1, 0.15) is 11.6 Å². The molecule has 0 atom stereocenters. The Bertz CT molecular complexity index is 1450. The summed E-state index contributed by atoms with van der Waals surface area (Å²) < 4.78 is 5.39. The Hall–Kier alpha value is -4.45. The number of aromatic nitrogens is 2. The van der Waals surface area contributed by atoms with Crippen molar-refractivity contribution in [2.75, 3.05) is 17.7 Å². The molecule has 0 saturated carbocycles. The van der Waals surface area contributed by atoms with E-state index < -0.39 is 0 Å². The molecule has 0 aliphatic rings. The fourth-order valence-corrected chi connectivity index (χ4v) is 3.62. The van der Waals surface area contributed by atoms with Crippen LogP contribution in [0.5, 0.6) is 5.75 Å². The summed E-state index contributed by atoms with van der Waals surface area (Å²) in [5.41, 5.74) is 3.78. The second-order valence-electron chi connectivity index (χ2n) is 7.29. The maximum Gasteiger partial charge on any atom is 0.255 e. The van der Waals surface area contributed by atoms with Crippen LogP contribution in [0.3, 0.4) is 0 Å². The number of amides is 1. The maximum atomic E-state index is 12.8. The summed E-state index contributed by atoms with van der Waals surface area (Å²) in [7, 11) is 1.65. The molecule has 2 N–H and O–H groups in total. The quantitative estimate of drug-likeness (QED) is 0.376. The van der Waals surface area contributed by atoms with E-state index in [4.69, 9.17) is 4.74 Å². The van der Waals surface area contributed by atoms with E-state index in [2.05, 4.69) is 20.6 Å². The molecule has 2 heterocycles. The third-order valence-electron chi connectivity index (χ3n) is 5.17. The largest absolute Gasteiger partial charge is 0.496 e. The predicted octanol–water partition coefficient (Wildman–Crippen LogP) is 5.79. The van der Waals surface area contributed by atoms with Crippen LogP contribution in [0.2, 0.25) is 0 Å². The molecule has 0 saturated heterocycles. The molecule has 0 bridgehead atoms. The zero-order valence-electron chi connectivity index (χ0n) is 17.4. The maximum absolute atomic E-state index is 12.8. The zero-order valence-corrected chi connectivity index (χ0v) is 17.4. The average Bonchev–Trinajstić information content (AvgIpc) is 2.83. The monoisotopic (exact) mass is 420 g/mol. The van der Waals surface area contributed by atoms with Crippen molar-refractivity contribution in [3.05, 3.63) is 96.7 Å². The van der Waals surface area contributed by atoms with E-state index in [1.54, 1.807) is 19.4 Å². The van der Waals surface area contributed by atoms with Crippen LogP contribution < -0.4 is 15.4 Å². The Labute approximate surface area is 184 Å². The molecule has 32 heavy (non-hydrogen) atoms. The third-order valence-corrected chi connectivity index (χ3v) is 5.17. The minimum Gasteiger partial charge on any atom is -0.496 e. The first kappa shape index (κ1) is 19.5. The summed E-state index contributed by atoms with van der Waals surface area (Å²) >= 11 is 0. The molecule has 5 aromatic rings. The van der Waals surface area contributed by atoms with Crippen LogP contribution in [0.15, 0.2) is 91.1 Å². The van der Waals surface area contributed by atoms with Crippen LogP contribution in [0.1, 0.15) is 10.4 Å². The summed E-state index contributed by atoms with van der Waals surface area (Å²) in [6.07, 6.45) is 1.74. The minimum absolute atomic E-state index is 0.177. The first-order chi connectivity index (χ1) is 15.7. The molecule has 0 aliphatic carbocycles. The van der Waals surface area contributed by atoms with Crippen molar-refractivity contribution < 1.29 is 9.53 Å². The van der Waals surface area contributed by atoms with E-state index in [0.29, 0.717) is 17.1 Å². The summed E-state index contributed by atoms with van der Waals surface area (Å²) in [6, 6.07) is 26.4. The predicted molar refractivity (Wildman–Crippen MR) is 128 cm³/mol. The molecule has 0 radical (unpaired) electrons. The van der Waals surface area contributed by atoms with Gasteiger partial charge in [-0.15, -0.1) is 0 Å². The topological polar surface area (TPSA) is 76.1 Å². The molecule has 3 aromatic carbocycles. The molecule has 0 unspecified atom stereocenters. The number of nitrogens with zero attached hydrogens (tertiary/aromatic N) is 2. The van der Waals surface area contributed by atoms with Crippen molar-refractivity contribution in [1.82, 2.24) is 9.97 Å². The lowest BCUT2D eigenvalue weighted by atomic mass is 10.1. The SMILES string of the molecule is COc1cccc2nc(Nc3cccc(NC(=O)c4ccc5ncccc5c4)c3)ccc12. The highest BCUT2D eigenvalue weighted by Gasteiger charge is 2.09. The molecule has 2 aromatic heterocycles. The Balaban J connectivity index is 1.35. The molecule has 6 heteroatoms. The van der Waals surface area contributed by atoms with E-state index in [0.717, 1.165) is 33.2 Å². The minimum atomic E-state index is -0.177. The number of fused-ring (bicyclic) bond motifs is 2. The number of rotatable bonds is 5. The van der Waals surface area contributed by atoms with Gasteiger partial charge in [-0.1, -0.05) is 18.2 Å². The summed E-state index contributed by atoms with van der Waals surface area (Å²) in [5, 5.41) is 8.13. The van der Waals surface area contributed by atoms with Crippen molar-refractivity contribution in [3.8, 4) is 5.75 Å². The lowest BCUT2D eigenvalue weighted by Gasteiger charge is -2.11. The number of benzene rings is 3. The van der Waals surface area contributed by atoms with Gasteiger partial charge in [0, 0.05) is 33.9 Å². The second-order valence-corrected chi connectivity index (χ2v) is 7.29. The number of hydrogen-bond acceptors (Lipinski definition) is 5. The van der Waals surface area contributed by atoms with Gasteiger partial charge < -0.3 is 15.4 Å². The van der Waals surface area contributed by atoms with Crippen LogP contribution in [0.4, 0.5) is 17.2 Å². The molecule has 5 rings (SSSR count). The van der Waals surface area contributed by atoms with Crippen molar-refractivity contribution in [1.29, 1.82) is 0 Å². The fourth-order valence-electron chi connectivity index (χ4n) is 3.62. The number of methoxy groups -OCH3 is 1. The highest BCUT2D eigenvalue weighted by atomic mass is 16.5. The first-order valence-corrected chi connectivity index (χ1v) is 10.2. The van der Waals surface area contributed by atoms with E-state index in [-0.39, 0.29) is 5.91 Å². The fraction of sp³-hybridized carbons (Fsp3) is 0.0385. The lowest BCUT2D eigenvalue weighted by Crippen LogP contribution is -2.12. The normalized spacial score (nSPS) is 10.8. The lowest BCUT2D eigenvalue weighted by molar-refractivity contribution is 0.102. The van der Waals surface area contributed by atoms with Crippen LogP contribution in [-0.4, -0.2) is 23.0 Å². The Kier molecular flexibility index (Phi) is 5.09. The molecule has 1 amide bonds. The van der Waals surface area contributed by atoms with Gasteiger partial charge in [-0.2, -0.15) is 0 Å². The number of carbonyl (C=O) groups excluding carboxylic acids is 1. The van der Waals surface area contributed by atoms with Crippen molar-refractivity contribution in [2.24, 2.45) is 0 Å². The standard InChI is InChI=1S/C26H20N4O2/c1-32-24-9-3-8-23-21(24)11-13-25(30-23)28-19-6-2-7-20(16-19)29-26(31)18-10-12-22-17(15-18)5-4-14-27-22/h2-16H,1H3,(H,28,30)(H,29,31). The second kappa shape index (κ2) is 8.35. The highest BCUT2D eigenvalue weighted by Crippen LogP contribution is 2.27. The Morgan fingerprint density at radius 1 is 0.844 bits per heavy atom. The molecule has 156 valence electrons. The molecular weight excluding hydrogens is 400 g/mol. The number of anilines is 3. The van der Waals surface area contributed by atoms with Gasteiger partial charge in [-0.3, -0.25) is 9.78 Å². The van der Waals surface area contributed by atoms with Gasteiger partial charge in [0.05, 0.1) is 18.1 Å². The van der Waals surface area contributed by atoms with Crippen LogP contribution in [0.25, 0.3) is 21.8 Å². The molecule has 6 nitrogen and oxygen atoms in total. The van der Waals surface area contributed by atoms with E-state index in [1.165, 1.54) is 0 Å². The summed E-state index contributed by atoms with van der Waals surface area (Å²) in [4.78, 5) is 21.7. The van der Waals surface area contributed by atoms with Crippen LogP contribution in [-0.2, 0) is 0 Å². The van der Waals surface area contributed by atoms with Gasteiger partial charge in [-0.25, -0.2) is 4.98 Å². The number of hydrogen-bond donors (Lipinski definition) is 2. The summed E-state index contributed by atoms with van der Waals surface area (Å²) in [6.45, 7) is 0. The number of ether oxygens (including phenoxy) is 1. The number of pyridine rings is 2. The van der Waals surface area contributed by atoms with Crippen molar-refractivity contribution in [3.63, 3.8) is 0 Å². The third kappa shape index (κ3) is 3.94.